The van der Waals surface area contributed by atoms with E-state index in [9.17, 15) is 9.90 Å². The lowest BCUT2D eigenvalue weighted by molar-refractivity contribution is 0.0989. The SMILES string of the molecule is Nc1nonc1-n1nnc(C(=O)N=Nc2c(O)[nH]c3ccccc23)c1CSc1ccccc1. The Hall–Kier alpha value is -4.52. The first-order valence-corrected chi connectivity index (χ1v) is 10.6. The van der Waals surface area contributed by atoms with Gasteiger partial charge in [0.1, 0.15) is 0 Å². The van der Waals surface area contributed by atoms with Gasteiger partial charge < -0.3 is 15.8 Å². The molecule has 13 heteroatoms. The minimum atomic E-state index is -0.746. The number of H-pyrrole nitrogens is 1. The highest BCUT2D eigenvalue weighted by atomic mass is 32.2. The van der Waals surface area contributed by atoms with E-state index in [1.807, 2.05) is 36.4 Å². The van der Waals surface area contributed by atoms with Crippen LogP contribution in [-0.2, 0) is 5.75 Å². The van der Waals surface area contributed by atoms with Crippen molar-refractivity contribution in [2.24, 2.45) is 10.2 Å². The predicted molar refractivity (Wildman–Crippen MR) is 118 cm³/mol. The molecule has 0 unspecified atom stereocenters. The lowest BCUT2D eigenvalue weighted by Gasteiger charge is -2.04. The van der Waals surface area contributed by atoms with Crippen molar-refractivity contribution in [1.82, 2.24) is 30.3 Å². The Labute approximate surface area is 189 Å². The second-order valence-electron chi connectivity index (χ2n) is 6.74. The van der Waals surface area contributed by atoms with Crippen molar-refractivity contribution in [1.29, 1.82) is 0 Å². The van der Waals surface area contributed by atoms with E-state index in [4.69, 9.17) is 5.73 Å². The van der Waals surface area contributed by atoms with Crippen LogP contribution in [-0.4, -0.2) is 41.3 Å². The Morgan fingerprint density at radius 2 is 1.94 bits per heavy atom. The number of fused-ring (bicyclic) bond motifs is 1. The third-order valence-electron chi connectivity index (χ3n) is 4.68. The highest BCUT2D eigenvalue weighted by Crippen LogP contribution is 2.35. The second-order valence-corrected chi connectivity index (χ2v) is 7.79. The summed E-state index contributed by atoms with van der Waals surface area (Å²) in [5.74, 6) is -0.535. The molecule has 0 fully saturated rings. The molecular weight excluding hydrogens is 446 g/mol. The van der Waals surface area contributed by atoms with E-state index in [2.05, 4.69) is 40.5 Å². The van der Waals surface area contributed by atoms with E-state index in [1.165, 1.54) is 16.4 Å². The number of nitrogens with one attached hydrogen (secondary N) is 1. The van der Waals surface area contributed by atoms with E-state index in [0.29, 0.717) is 22.3 Å². The average Bonchev–Trinajstić information content (AvgIpc) is 3.52. The summed E-state index contributed by atoms with van der Waals surface area (Å²) >= 11 is 1.46. The summed E-state index contributed by atoms with van der Waals surface area (Å²) in [6.07, 6.45) is 0. The Kier molecular flexibility index (Phi) is 5.28. The van der Waals surface area contributed by atoms with E-state index >= 15 is 0 Å². The van der Waals surface area contributed by atoms with Crippen LogP contribution in [0.4, 0.5) is 11.5 Å². The normalized spacial score (nSPS) is 11.5. The van der Waals surface area contributed by atoms with Gasteiger partial charge in [-0.15, -0.1) is 27.1 Å². The summed E-state index contributed by atoms with van der Waals surface area (Å²) in [4.78, 5) is 16.7. The number of anilines is 1. The lowest BCUT2D eigenvalue weighted by Crippen LogP contribution is -2.07. The number of benzene rings is 2. The number of nitrogen functional groups attached to an aromatic ring is 1. The van der Waals surface area contributed by atoms with Gasteiger partial charge in [0, 0.05) is 16.0 Å². The third-order valence-corrected chi connectivity index (χ3v) is 5.70. The first kappa shape index (κ1) is 20.4. The van der Waals surface area contributed by atoms with Gasteiger partial charge >= 0.3 is 5.91 Å². The van der Waals surface area contributed by atoms with E-state index in [0.717, 1.165) is 4.90 Å². The maximum absolute atomic E-state index is 12.9. The lowest BCUT2D eigenvalue weighted by atomic mass is 10.2. The smallest absolute Gasteiger partial charge is 0.317 e. The number of aromatic nitrogens is 6. The molecule has 0 atom stereocenters. The summed E-state index contributed by atoms with van der Waals surface area (Å²) < 4.78 is 5.94. The number of carbonyl (C=O) groups excluding carboxylic acids is 1. The zero-order valence-electron chi connectivity index (χ0n) is 16.8. The van der Waals surface area contributed by atoms with Gasteiger partial charge in [-0.2, -0.15) is 4.68 Å². The van der Waals surface area contributed by atoms with Crippen LogP contribution in [0.25, 0.3) is 16.7 Å². The maximum atomic E-state index is 12.9. The molecule has 0 aliphatic carbocycles. The predicted octanol–water partition coefficient (Wildman–Crippen LogP) is 3.64. The molecule has 0 radical (unpaired) electrons. The molecule has 0 aliphatic heterocycles. The van der Waals surface area contributed by atoms with Gasteiger partial charge in [0.15, 0.2) is 11.4 Å². The topological polar surface area (TPSA) is 173 Å². The van der Waals surface area contributed by atoms with Gasteiger partial charge in [-0.1, -0.05) is 41.6 Å². The molecule has 33 heavy (non-hydrogen) atoms. The Morgan fingerprint density at radius 3 is 2.73 bits per heavy atom. The largest absolute Gasteiger partial charge is 0.493 e. The summed E-state index contributed by atoms with van der Waals surface area (Å²) in [6.45, 7) is 0. The zero-order chi connectivity index (χ0) is 22.8. The highest BCUT2D eigenvalue weighted by Gasteiger charge is 2.24. The average molecular weight is 461 g/mol. The molecular formula is C20H15N9O3S. The number of nitrogens with zero attached hydrogens (tertiary/aromatic N) is 7. The molecule has 164 valence electrons. The number of aromatic hydroxyl groups is 1. The van der Waals surface area contributed by atoms with Crippen LogP contribution in [0, 0.1) is 0 Å². The summed E-state index contributed by atoms with van der Waals surface area (Å²) in [5, 5.41) is 33.8. The number of thioether (sulfide) groups is 1. The van der Waals surface area contributed by atoms with Gasteiger partial charge in [-0.3, -0.25) is 4.79 Å². The molecule has 1 amide bonds. The number of carbonyl (C=O) groups is 1. The minimum absolute atomic E-state index is 0.00444. The number of aromatic amines is 1. The number of hydrogen-bond donors (Lipinski definition) is 3. The molecule has 0 saturated carbocycles. The fourth-order valence-electron chi connectivity index (χ4n) is 3.13. The van der Waals surface area contributed by atoms with E-state index < -0.39 is 5.91 Å². The number of nitrogens with two attached hydrogens (primary N) is 1. The van der Waals surface area contributed by atoms with Gasteiger partial charge in [-0.05, 0) is 28.5 Å². The van der Waals surface area contributed by atoms with Gasteiger partial charge in [0.2, 0.25) is 17.5 Å². The van der Waals surface area contributed by atoms with Crippen molar-refractivity contribution in [3.63, 3.8) is 0 Å². The molecule has 2 aromatic carbocycles. The van der Waals surface area contributed by atoms with E-state index in [1.54, 1.807) is 18.2 Å². The van der Waals surface area contributed by atoms with Crippen LogP contribution >= 0.6 is 11.8 Å². The number of hydrogen-bond acceptors (Lipinski definition) is 10. The molecule has 12 nitrogen and oxygen atoms in total. The summed E-state index contributed by atoms with van der Waals surface area (Å²) in [7, 11) is 0. The highest BCUT2D eigenvalue weighted by molar-refractivity contribution is 7.98. The van der Waals surface area contributed by atoms with Gasteiger partial charge in [0.05, 0.1) is 11.2 Å². The number of azo groups is 1. The third kappa shape index (κ3) is 3.92. The van der Waals surface area contributed by atoms with Gasteiger partial charge in [-0.25, -0.2) is 4.63 Å². The Balaban J connectivity index is 1.49. The van der Waals surface area contributed by atoms with E-state index in [-0.39, 0.29) is 28.9 Å². The van der Waals surface area contributed by atoms with Crippen molar-refractivity contribution in [3.8, 4) is 11.7 Å². The van der Waals surface area contributed by atoms with Crippen LogP contribution in [0.3, 0.4) is 0 Å². The molecule has 0 saturated heterocycles. The zero-order valence-corrected chi connectivity index (χ0v) is 17.6. The maximum Gasteiger partial charge on any atom is 0.317 e. The van der Waals surface area contributed by atoms with Gasteiger partial charge in [0.25, 0.3) is 0 Å². The minimum Gasteiger partial charge on any atom is -0.493 e. The van der Waals surface area contributed by atoms with Crippen molar-refractivity contribution in [3.05, 3.63) is 66.0 Å². The molecule has 0 bridgehead atoms. The van der Waals surface area contributed by atoms with Crippen LogP contribution in [0.5, 0.6) is 5.88 Å². The van der Waals surface area contributed by atoms with Crippen molar-refractivity contribution in [2.75, 3.05) is 5.73 Å². The fraction of sp³-hybridized carbons (Fsp3) is 0.0500. The monoisotopic (exact) mass is 461 g/mol. The quantitative estimate of drug-likeness (QED) is 0.252. The number of para-hydroxylation sites is 1. The number of rotatable bonds is 6. The summed E-state index contributed by atoms with van der Waals surface area (Å²) in [6, 6.07) is 16.7. The van der Waals surface area contributed by atoms with Crippen molar-refractivity contribution in [2.45, 2.75) is 10.6 Å². The van der Waals surface area contributed by atoms with Crippen LogP contribution in [0.2, 0.25) is 0 Å². The molecule has 4 N–H and O–H groups in total. The molecule has 3 heterocycles. The summed E-state index contributed by atoms with van der Waals surface area (Å²) in [5.41, 5.74) is 6.97. The van der Waals surface area contributed by atoms with Crippen molar-refractivity contribution < 1.29 is 14.5 Å². The first-order valence-electron chi connectivity index (χ1n) is 9.58. The Morgan fingerprint density at radius 1 is 1.15 bits per heavy atom. The van der Waals surface area contributed by atoms with Crippen LogP contribution in [0.15, 0.2) is 74.4 Å². The number of amides is 1. The van der Waals surface area contributed by atoms with Crippen molar-refractivity contribution >= 4 is 40.1 Å². The second kappa shape index (κ2) is 8.55. The molecule has 5 aromatic rings. The fourth-order valence-corrected chi connectivity index (χ4v) is 4.04. The standard InChI is InChI=1S/C20H15N9O3S/c21-17-18(27-32-26-17)29-14(10-33-11-6-2-1-3-7-11)16(24-28-29)20(31)25-23-15-12-8-4-5-9-13(12)22-19(15)30/h1-9,22,30H,10H2,(H2,21,26). The molecule has 0 aliphatic rings. The Bertz CT molecular complexity index is 1470. The van der Waals surface area contributed by atoms with Crippen LogP contribution < -0.4 is 5.73 Å². The first-order chi connectivity index (χ1) is 16.1. The molecule has 5 rings (SSSR count). The molecule has 3 aromatic heterocycles. The van der Waals surface area contributed by atoms with Crippen LogP contribution in [0.1, 0.15) is 16.2 Å². The molecule has 0 spiro atoms.